The molecule has 11 nitrogen and oxygen atoms in total. The number of nitrogens with two attached hydrogens (primary N) is 1. The number of H-pyrrole nitrogens is 1. The van der Waals surface area contributed by atoms with Gasteiger partial charge in [0.1, 0.15) is 6.10 Å². The zero-order valence-corrected chi connectivity index (χ0v) is 16.3. The maximum atomic E-state index is 12.2. The minimum Gasteiger partial charge on any atom is -0.386 e. The molecule has 0 radical (unpaired) electrons. The predicted octanol–water partition coefficient (Wildman–Crippen LogP) is -0.875. The molecule has 28 heavy (non-hydrogen) atoms. The average Bonchev–Trinajstić information content (AvgIpc) is 3.10. The van der Waals surface area contributed by atoms with Gasteiger partial charge >= 0.3 is 11.6 Å². The quantitative estimate of drug-likeness (QED) is 0.317. The number of hydrogen-bond acceptors (Lipinski definition) is 6. The normalized spacial score (nSPS) is 24.6. The molecule has 11 heteroatoms. The molecule has 0 spiro atoms. The number of fused-ring (bicyclic) bond motifs is 1. The Morgan fingerprint density at radius 2 is 2.25 bits per heavy atom. The highest BCUT2D eigenvalue weighted by Gasteiger charge is 2.46. The summed E-state index contributed by atoms with van der Waals surface area (Å²) in [4.78, 5) is 30.7. The summed E-state index contributed by atoms with van der Waals surface area (Å²) in [5.41, 5.74) is 5.96. The minimum atomic E-state index is -0.899. The molecule has 2 amide bonds. The summed E-state index contributed by atoms with van der Waals surface area (Å²) in [5, 5.41) is 16.4. The maximum absolute atomic E-state index is 12.2. The second-order valence-corrected chi connectivity index (χ2v) is 7.13. The van der Waals surface area contributed by atoms with Gasteiger partial charge in [-0.25, -0.2) is 9.36 Å². The van der Waals surface area contributed by atoms with Crippen molar-refractivity contribution in [3.8, 4) is 0 Å². The van der Waals surface area contributed by atoms with Gasteiger partial charge < -0.3 is 26.2 Å². The number of hydrogen-bond donors (Lipinski definition) is 5. The van der Waals surface area contributed by atoms with Crippen LogP contribution in [0.2, 0.25) is 0 Å². The van der Waals surface area contributed by atoms with Crippen molar-refractivity contribution in [3.05, 3.63) is 16.7 Å². The first-order valence-electron chi connectivity index (χ1n) is 9.44. The van der Waals surface area contributed by atoms with Crippen molar-refractivity contribution in [1.82, 2.24) is 25.2 Å². The number of anilines is 1. The second kappa shape index (κ2) is 8.15. The maximum Gasteiger partial charge on any atom is 0.314 e. The van der Waals surface area contributed by atoms with Gasteiger partial charge in [-0.05, 0) is 13.3 Å². The average molecular weight is 394 g/mol. The molecular formula is C17H28N7O4+. The van der Waals surface area contributed by atoms with Gasteiger partial charge in [-0.3, -0.25) is 9.78 Å². The molecule has 1 aliphatic heterocycles. The highest BCUT2D eigenvalue weighted by atomic mass is 16.5. The summed E-state index contributed by atoms with van der Waals surface area (Å²) in [7, 11) is 1.70. The van der Waals surface area contributed by atoms with Crippen LogP contribution in [0.5, 0.6) is 0 Å². The largest absolute Gasteiger partial charge is 0.386 e. The van der Waals surface area contributed by atoms with E-state index >= 15 is 0 Å². The topological polar surface area (TPSA) is 151 Å². The zero-order valence-electron chi connectivity index (χ0n) is 16.3. The number of nitrogens with zero attached hydrogens (tertiary/aromatic N) is 3. The van der Waals surface area contributed by atoms with Crippen molar-refractivity contribution < 1.29 is 19.2 Å². The molecule has 154 valence electrons. The van der Waals surface area contributed by atoms with Gasteiger partial charge in [0.2, 0.25) is 18.5 Å². The number of rotatable bonds is 6. The fraction of sp³-hybridized carbons (Fsp3) is 0.647. The van der Waals surface area contributed by atoms with Crippen molar-refractivity contribution in [2.75, 3.05) is 18.8 Å². The first-order chi connectivity index (χ1) is 13.3. The van der Waals surface area contributed by atoms with E-state index in [4.69, 9.17) is 10.5 Å². The minimum absolute atomic E-state index is 0.0139. The van der Waals surface area contributed by atoms with Gasteiger partial charge in [0.15, 0.2) is 0 Å². The summed E-state index contributed by atoms with van der Waals surface area (Å²) in [6.45, 7) is 4.76. The van der Waals surface area contributed by atoms with Crippen LogP contribution in [-0.2, 0) is 11.8 Å². The van der Waals surface area contributed by atoms with E-state index in [0.717, 1.165) is 12.8 Å². The van der Waals surface area contributed by atoms with Gasteiger partial charge in [0.05, 0.1) is 13.2 Å². The number of nitrogen functional groups attached to an aromatic ring is 1. The third kappa shape index (κ3) is 3.80. The Kier molecular flexibility index (Phi) is 5.84. The Labute approximate surface area is 161 Å². The molecule has 0 bridgehead atoms. The first-order valence-corrected chi connectivity index (χ1v) is 9.44. The molecule has 3 rings (SSSR count). The van der Waals surface area contributed by atoms with Crippen LogP contribution in [0, 0.1) is 5.92 Å². The van der Waals surface area contributed by atoms with Crippen LogP contribution in [0.15, 0.2) is 11.1 Å². The molecule has 2 aromatic rings. The van der Waals surface area contributed by atoms with Crippen LogP contribution >= 0.6 is 0 Å². The highest BCUT2D eigenvalue weighted by Crippen LogP contribution is 2.34. The third-order valence-electron chi connectivity index (χ3n) is 5.07. The number of aliphatic hydroxyl groups is 1. The van der Waals surface area contributed by atoms with Crippen molar-refractivity contribution in [2.24, 2.45) is 13.0 Å². The SMILES string of the molecule is CCCCNC(=O)NC[C@H]1[C@@H](O)[C@H](n2c[n+](C)c3c(=O)[nH]c(N)nc32)O[C@@H]1C. The van der Waals surface area contributed by atoms with Crippen LogP contribution in [0.25, 0.3) is 11.2 Å². The van der Waals surface area contributed by atoms with Crippen molar-refractivity contribution in [2.45, 2.75) is 45.1 Å². The molecule has 6 N–H and O–H groups in total. The van der Waals surface area contributed by atoms with Gasteiger partial charge in [-0.1, -0.05) is 13.3 Å². The van der Waals surface area contributed by atoms with Gasteiger partial charge in [0, 0.05) is 19.0 Å². The Hall–Kier alpha value is -2.66. The number of nitrogens with one attached hydrogen (secondary N) is 3. The van der Waals surface area contributed by atoms with Crippen LogP contribution in [0.3, 0.4) is 0 Å². The van der Waals surface area contributed by atoms with Gasteiger partial charge in [-0.15, -0.1) is 0 Å². The van der Waals surface area contributed by atoms with Crippen molar-refractivity contribution in [3.63, 3.8) is 0 Å². The number of aryl methyl sites for hydroxylation is 1. The molecule has 1 saturated heterocycles. The number of aliphatic hydroxyl groups excluding tert-OH is 1. The Bertz CT molecular complexity index is 909. The van der Waals surface area contributed by atoms with E-state index in [0.29, 0.717) is 17.7 Å². The summed E-state index contributed by atoms with van der Waals surface area (Å²) in [6, 6.07) is -0.268. The third-order valence-corrected chi connectivity index (χ3v) is 5.07. The number of imidazole rings is 1. The number of unbranched alkanes of at least 4 members (excludes halogenated alkanes) is 1. The number of aromatic nitrogens is 4. The predicted molar refractivity (Wildman–Crippen MR) is 101 cm³/mol. The van der Waals surface area contributed by atoms with Crippen LogP contribution in [-0.4, -0.2) is 51.0 Å². The fourth-order valence-corrected chi connectivity index (χ4v) is 3.51. The van der Waals surface area contributed by atoms with E-state index in [9.17, 15) is 14.7 Å². The molecule has 0 unspecified atom stereocenters. The standard InChI is InChI=1S/C17H27N7O4/c1-4-5-6-19-17(27)20-7-10-9(2)28-15(12(10)25)24-8-23(3)11-13(24)21-16(18)22-14(11)26/h8-10,12,15,25H,4-7H2,1-3H3,(H4-,18,19,20,21,22,26,27)/p+1/t9-,10-,12-,15-/m1/s1. The van der Waals surface area contributed by atoms with E-state index in [-0.39, 0.29) is 36.1 Å². The number of carbonyl (C=O) groups excluding carboxylic acids is 1. The molecular weight excluding hydrogens is 366 g/mol. The summed E-state index contributed by atoms with van der Waals surface area (Å²) < 4.78 is 9.14. The Morgan fingerprint density at radius 3 is 2.96 bits per heavy atom. The molecule has 0 aliphatic carbocycles. The second-order valence-electron chi connectivity index (χ2n) is 7.13. The fourth-order valence-electron chi connectivity index (χ4n) is 3.51. The molecule has 4 atom stereocenters. The van der Waals surface area contributed by atoms with E-state index in [1.165, 1.54) is 0 Å². The Balaban J connectivity index is 1.76. The van der Waals surface area contributed by atoms with Crippen molar-refractivity contribution >= 4 is 23.1 Å². The molecule has 0 aromatic carbocycles. The van der Waals surface area contributed by atoms with E-state index in [1.807, 2.05) is 6.92 Å². The Morgan fingerprint density at radius 1 is 1.50 bits per heavy atom. The van der Waals surface area contributed by atoms with Crippen LogP contribution in [0.4, 0.5) is 10.7 Å². The molecule has 0 saturated carbocycles. The smallest absolute Gasteiger partial charge is 0.314 e. The lowest BCUT2D eigenvalue weighted by Gasteiger charge is -2.17. The van der Waals surface area contributed by atoms with Gasteiger partial charge in [-0.2, -0.15) is 9.55 Å². The monoisotopic (exact) mass is 394 g/mol. The highest BCUT2D eigenvalue weighted by molar-refractivity contribution is 5.73. The summed E-state index contributed by atoms with van der Waals surface area (Å²) >= 11 is 0. The van der Waals surface area contributed by atoms with E-state index in [1.54, 1.807) is 22.5 Å². The number of carbonyl (C=O) groups is 1. The summed E-state index contributed by atoms with van der Waals surface area (Å²) in [6.07, 6.45) is 1.59. The lowest BCUT2D eigenvalue weighted by Crippen LogP contribution is -2.42. The van der Waals surface area contributed by atoms with E-state index < -0.39 is 12.3 Å². The first kappa shape index (κ1) is 20.1. The number of ether oxygens (including phenoxy) is 1. The number of urea groups is 1. The molecule has 3 heterocycles. The van der Waals surface area contributed by atoms with Crippen LogP contribution < -0.4 is 26.5 Å². The number of amides is 2. The lowest BCUT2D eigenvalue weighted by atomic mass is 9.99. The molecule has 1 fully saturated rings. The van der Waals surface area contributed by atoms with Crippen LogP contribution in [0.1, 0.15) is 32.9 Å². The van der Waals surface area contributed by atoms with Gasteiger partial charge in [0.25, 0.3) is 11.2 Å². The molecule has 1 aliphatic rings. The van der Waals surface area contributed by atoms with Crippen molar-refractivity contribution in [1.29, 1.82) is 0 Å². The lowest BCUT2D eigenvalue weighted by molar-refractivity contribution is -0.646. The van der Waals surface area contributed by atoms with E-state index in [2.05, 4.69) is 27.5 Å². The number of aromatic amines is 1. The molecule has 2 aromatic heterocycles. The summed E-state index contributed by atoms with van der Waals surface area (Å²) in [5.74, 6) is -0.330. The zero-order chi connectivity index (χ0) is 20.4.